The molecule has 0 bridgehead atoms. The molecule has 2 aliphatic heterocycles. The van der Waals surface area contributed by atoms with E-state index in [0.717, 1.165) is 16.4 Å². The van der Waals surface area contributed by atoms with Gasteiger partial charge in [0.2, 0.25) is 11.8 Å². The molecule has 4 aromatic carbocycles. The number of nitrogens with zero attached hydrogens (tertiary/aromatic N) is 3. The molecule has 4 aliphatic rings. The fourth-order valence-corrected chi connectivity index (χ4v) is 10.1. The molecule has 316 valence electrons. The Hall–Kier alpha value is -6.22. The Kier molecular flexibility index (Phi) is 10.6. The van der Waals surface area contributed by atoms with Gasteiger partial charge in [0.15, 0.2) is 5.82 Å². The molecule has 0 radical (unpaired) electrons. The van der Waals surface area contributed by atoms with Crippen molar-refractivity contribution >= 4 is 69.7 Å². The zero-order valence-electron chi connectivity index (χ0n) is 32.5. The average molecular weight is 883 g/mol. The third-order valence-electron chi connectivity index (χ3n) is 12.3. The van der Waals surface area contributed by atoms with Gasteiger partial charge in [0.05, 0.1) is 46.0 Å². The number of halogens is 5. The van der Waals surface area contributed by atoms with Crippen molar-refractivity contribution in [3.63, 3.8) is 0 Å². The number of amides is 4. The SMILES string of the molecule is O=C1[C@@H]2C[C@@H]3C(=CC[C@@H]4C(=O)N(c5ccc(Nc6ccccc6)cc5)C(=O)[C@@H]43)[C@H](c3ccccc3OCCO)[C@]2(c2ccc(Cl)cc2)C(=O)N1Nc1ncc(C(F)(F)F)cc1Cl. The Morgan fingerprint density at radius 2 is 1.53 bits per heavy atom. The highest BCUT2D eigenvalue weighted by molar-refractivity contribution is 6.33. The molecule has 0 unspecified atom stereocenters. The molecule has 0 spiro atoms. The number of hydrogen-bond acceptors (Lipinski definition) is 9. The number of aromatic nitrogens is 1. The lowest BCUT2D eigenvalue weighted by molar-refractivity contribution is -0.139. The number of aliphatic hydroxyl groups excluding tert-OH is 1. The minimum absolute atomic E-state index is 0.0600. The Labute approximate surface area is 363 Å². The second kappa shape index (κ2) is 15.9. The lowest BCUT2D eigenvalue weighted by atomic mass is 9.49. The average Bonchev–Trinajstić information content (AvgIpc) is 3.64. The molecule has 9 rings (SSSR count). The van der Waals surface area contributed by atoms with Crippen molar-refractivity contribution < 1.29 is 42.2 Å². The van der Waals surface area contributed by atoms with Crippen LogP contribution in [0.2, 0.25) is 10.0 Å². The molecular formula is C46H36Cl2F3N5O6. The van der Waals surface area contributed by atoms with Crippen LogP contribution in [0, 0.1) is 23.7 Å². The fraction of sp³-hybridized carbons (Fsp3) is 0.239. The quantitative estimate of drug-likeness (QED) is 0.0928. The summed E-state index contributed by atoms with van der Waals surface area (Å²) in [5.41, 5.74) is 3.22. The van der Waals surface area contributed by atoms with E-state index in [4.69, 9.17) is 27.9 Å². The minimum atomic E-state index is -4.76. The van der Waals surface area contributed by atoms with Crippen LogP contribution in [0.15, 0.2) is 127 Å². The van der Waals surface area contributed by atoms with Crippen molar-refractivity contribution in [2.24, 2.45) is 23.7 Å². The summed E-state index contributed by atoms with van der Waals surface area (Å²) in [5, 5.41) is 13.7. The number of carbonyl (C=O) groups excluding carboxylic acids is 4. The fourth-order valence-electron chi connectivity index (χ4n) is 9.77. The first-order chi connectivity index (χ1) is 29.8. The number of allylic oxidation sites excluding steroid dienone is 2. The number of pyridine rings is 1. The van der Waals surface area contributed by atoms with Crippen LogP contribution >= 0.6 is 23.2 Å². The molecule has 3 fully saturated rings. The molecule has 3 N–H and O–H groups in total. The van der Waals surface area contributed by atoms with Gasteiger partial charge in [0, 0.05) is 34.1 Å². The molecule has 3 heterocycles. The number of aliphatic hydroxyl groups is 1. The van der Waals surface area contributed by atoms with Gasteiger partial charge < -0.3 is 15.2 Å². The summed E-state index contributed by atoms with van der Waals surface area (Å²) in [5.74, 6) is -7.09. The number of anilines is 4. The van der Waals surface area contributed by atoms with Gasteiger partial charge in [-0.05, 0) is 85.0 Å². The first-order valence-corrected chi connectivity index (χ1v) is 20.5. The zero-order chi connectivity index (χ0) is 43.5. The van der Waals surface area contributed by atoms with Crippen molar-refractivity contribution in [2.75, 3.05) is 28.9 Å². The molecule has 2 saturated heterocycles. The first kappa shape index (κ1) is 41.1. The van der Waals surface area contributed by atoms with Crippen LogP contribution in [-0.4, -0.2) is 51.9 Å². The van der Waals surface area contributed by atoms with Gasteiger partial charge in [0.25, 0.3) is 11.8 Å². The second-order valence-electron chi connectivity index (χ2n) is 15.6. The molecule has 2 aliphatic carbocycles. The van der Waals surface area contributed by atoms with E-state index in [9.17, 15) is 27.9 Å². The third-order valence-corrected chi connectivity index (χ3v) is 12.9. The van der Waals surface area contributed by atoms with Gasteiger partial charge in [-0.25, -0.2) is 4.98 Å². The molecule has 62 heavy (non-hydrogen) atoms. The van der Waals surface area contributed by atoms with Crippen molar-refractivity contribution in [3.8, 4) is 5.75 Å². The van der Waals surface area contributed by atoms with Crippen LogP contribution in [0.1, 0.15) is 35.4 Å². The van der Waals surface area contributed by atoms with E-state index in [0.29, 0.717) is 45.4 Å². The number of carbonyl (C=O) groups is 4. The number of hydrogen-bond donors (Lipinski definition) is 3. The third kappa shape index (κ3) is 6.77. The second-order valence-corrected chi connectivity index (χ2v) is 16.4. The zero-order valence-corrected chi connectivity index (χ0v) is 34.0. The van der Waals surface area contributed by atoms with Crippen LogP contribution < -0.4 is 20.4 Å². The highest BCUT2D eigenvalue weighted by Crippen LogP contribution is 2.65. The van der Waals surface area contributed by atoms with E-state index in [1.165, 1.54) is 4.90 Å². The largest absolute Gasteiger partial charge is 0.491 e. The summed E-state index contributed by atoms with van der Waals surface area (Å²) in [6.07, 6.45) is -2.25. The Morgan fingerprint density at radius 3 is 2.23 bits per heavy atom. The van der Waals surface area contributed by atoms with Gasteiger partial charge in [0.1, 0.15) is 12.4 Å². The number of benzene rings is 4. The van der Waals surface area contributed by atoms with Crippen molar-refractivity contribution in [1.29, 1.82) is 0 Å². The summed E-state index contributed by atoms with van der Waals surface area (Å²) >= 11 is 12.7. The topological polar surface area (TPSA) is 141 Å². The molecule has 6 atom stereocenters. The summed E-state index contributed by atoms with van der Waals surface area (Å²) < 4.78 is 46.8. The van der Waals surface area contributed by atoms with E-state index in [2.05, 4.69) is 15.7 Å². The smallest absolute Gasteiger partial charge is 0.417 e. The highest BCUT2D eigenvalue weighted by atomic mass is 35.5. The minimum Gasteiger partial charge on any atom is -0.491 e. The van der Waals surface area contributed by atoms with E-state index < -0.39 is 75.4 Å². The van der Waals surface area contributed by atoms with Gasteiger partial charge >= 0.3 is 6.18 Å². The van der Waals surface area contributed by atoms with Gasteiger partial charge in [-0.15, -0.1) is 0 Å². The van der Waals surface area contributed by atoms with Gasteiger partial charge in [-0.1, -0.05) is 83.4 Å². The maximum atomic E-state index is 15.5. The number of ether oxygens (including phenoxy) is 1. The van der Waals surface area contributed by atoms with Crippen LogP contribution in [0.25, 0.3) is 0 Å². The molecule has 1 saturated carbocycles. The van der Waals surface area contributed by atoms with Crippen LogP contribution in [-0.2, 0) is 30.8 Å². The Morgan fingerprint density at radius 1 is 0.839 bits per heavy atom. The van der Waals surface area contributed by atoms with Crippen LogP contribution in [0.4, 0.5) is 36.1 Å². The number of hydrazine groups is 1. The highest BCUT2D eigenvalue weighted by Gasteiger charge is 2.70. The van der Waals surface area contributed by atoms with Crippen LogP contribution in [0.3, 0.4) is 0 Å². The molecule has 1 aromatic heterocycles. The number of rotatable bonds is 10. The standard InChI is InChI=1S/C46H36Cl2F3N5O6/c47-27-12-10-25(11-13-27)45-35(42(59)56(44(45)61)54-40-36(48)22-26(24-52-40)46(49,50)51)23-34-31(39(45)32-8-4-5-9-37(32)62-21-20-57)18-19-33-38(34)43(60)55(41(33)58)30-16-14-29(15-17-30)53-28-6-2-1-3-7-28/h1-18,22,24,33-35,38-39,53,57H,19-21,23H2,(H,52,54)/t33-,34+,35-,38-,39+,45+/m0/s1. The summed E-state index contributed by atoms with van der Waals surface area (Å²) in [6, 6.07) is 30.5. The summed E-state index contributed by atoms with van der Waals surface area (Å²) in [7, 11) is 0. The predicted octanol–water partition coefficient (Wildman–Crippen LogP) is 8.71. The van der Waals surface area contributed by atoms with E-state index in [-0.39, 0.29) is 31.9 Å². The van der Waals surface area contributed by atoms with E-state index in [1.54, 1.807) is 72.8 Å². The predicted molar refractivity (Wildman–Crippen MR) is 225 cm³/mol. The monoisotopic (exact) mass is 881 g/mol. The number of para-hydroxylation sites is 2. The maximum absolute atomic E-state index is 15.5. The van der Waals surface area contributed by atoms with Crippen LogP contribution in [0.5, 0.6) is 5.75 Å². The van der Waals surface area contributed by atoms with E-state index in [1.807, 2.05) is 36.4 Å². The Balaban J connectivity index is 1.16. The lowest BCUT2D eigenvalue weighted by Crippen LogP contribution is -2.53. The number of imide groups is 2. The molecule has 4 amide bonds. The molecule has 5 aromatic rings. The van der Waals surface area contributed by atoms with Gasteiger partial charge in [-0.3, -0.25) is 29.5 Å². The molecule has 16 heteroatoms. The first-order valence-electron chi connectivity index (χ1n) is 19.8. The van der Waals surface area contributed by atoms with Crippen molar-refractivity contribution in [3.05, 3.63) is 154 Å². The van der Waals surface area contributed by atoms with Crippen molar-refractivity contribution in [1.82, 2.24) is 9.99 Å². The normalized spacial score (nSPS) is 24.4. The van der Waals surface area contributed by atoms with Gasteiger partial charge in [-0.2, -0.15) is 18.2 Å². The molecule has 11 nitrogen and oxygen atoms in total. The molecular weight excluding hydrogens is 846 g/mol. The number of fused-ring (bicyclic) bond motifs is 4. The van der Waals surface area contributed by atoms with E-state index >= 15 is 9.59 Å². The lowest BCUT2D eigenvalue weighted by Gasteiger charge is -2.50. The number of nitrogens with one attached hydrogen (secondary N) is 2. The summed E-state index contributed by atoms with van der Waals surface area (Å²) in [4.78, 5) is 64.8. The summed E-state index contributed by atoms with van der Waals surface area (Å²) in [6.45, 7) is -0.431. The maximum Gasteiger partial charge on any atom is 0.417 e. The number of alkyl halides is 3. The van der Waals surface area contributed by atoms with Crippen molar-refractivity contribution in [2.45, 2.75) is 30.4 Å². The Bertz CT molecular complexity index is 2630.